The van der Waals surface area contributed by atoms with Crippen LogP contribution in [0.15, 0.2) is 169 Å². The Bertz CT molecular complexity index is 3110. The first-order valence-corrected chi connectivity index (χ1v) is 26.5. The molecule has 17 nitrogen and oxygen atoms in total. The number of amides is 1. The molecule has 1 heterocycles. The third-order valence-electron chi connectivity index (χ3n) is 14.9. The number of nitro benzene ring substituents is 2. The Kier molecular flexibility index (Phi) is 18.2. The lowest BCUT2D eigenvalue weighted by Crippen LogP contribution is -2.70. The van der Waals surface area contributed by atoms with E-state index in [-0.39, 0.29) is 81.6 Å². The highest BCUT2D eigenvalue weighted by atomic mass is 16.7. The average Bonchev–Trinajstić information content (AvgIpc) is 3.65. The number of ether oxygens (including phenoxy) is 5. The van der Waals surface area contributed by atoms with Crippen molar-refractivity contribution >= 4 is 34.0 Å². The highest BCUT2D eigenvalue weighted by molar-refractivity contribution is 6.03. The smallest absolute Gasteiger partial charge is 0.410 e. The van der Waals surface area contributed by atoms with Crippen molar-refractivity contribution in [3.8, 4) is 17.2 Å². The summed E-state index contributed by atoms with van der Waals surface area (Å²) < 4.78 is 33.3. The fraction of sp³-hybridized carbons (Fsp3) is 0.344. The van der Waals surface area contributed by atoms with E-state index in [1.807, 2.05) is 84.9 Å². The molecule has 1 amide bonds. The van der Waals surface area contributed by atoms with E-state index in [0.717, 1.165) is 33.0 Å². The van der Waals surface area contributed by atoms with Gasteiger partial charge in [-0.25, -0.2) is 4.79 Å². The van der Waals surface area contributed by atoms with Gasteiger partial charge in [-0.3, -0.25) is 25.1 Å². The third kappa shape index (κ3) is 12.6. The number of benzene rings is 6. The van der Waals surface area contributed by atoms with Crippen LogP contribution in [0.25, 0.3) is 10.8 Å². The fourth-order valence-electron chi connectivity index (χ4n) is 11.4. The van der Waals surface area contributed by atoms with E-state index in [2.05, 4.69) is 12.7 Å². The summed E-state index contributed by atoms with van der Waals surface area (Å²) in [6.07, 6.45) is 7.16. The first-order valence-electron chi connectivity index (χ1n) is 26.5. The molecule has 0 bridgehead atoms. The molecule has 0 aromatic heterocycles. The van der Waals surface area contributed by atoms with Crippen LogP contribution >= 0.6 is 0 Å². The van der Waals surface area contributed by atoms with Crippen LogP contribution in [-0.2, 0) is 38.8 Å². The predicted molar refractivity (Wildman–Crippen MR) is 293 cm³/mol. The molecule has 9 rings (SSSR count). The Hall–Kier alpha value is -7.96. The number of carbonyl (C=O) groups excluding carboxylic acids is 1. The zero-order valence-electron chi connectivity index (χ0n) is 43.3. The quantitative estimate of drug-likeness (QED) is 0.0224. The SMILES string of the molecule is C=CCO[C@@]12Oc3ccc(Oc4cccc([N+](=O)[O-])c4)cc3[C@H]3[C@H](CCCCO)[C@@H](CCCCO)C=C(C(=NOCc4ccc([N+](=O)[O-])cc4)C[C@@H]1N(Cc1cccc4ccccc14)C(=O)OCCOCc1ccccc1)[C@H]32. The molecule has 6 aromatic rings. The molecule has 0 radical (unpaired) electrons. The van der Waals surface area contributed by atoms with Crippen LogP contribution in [0.2, 0.25) is 0 Å². The topological polar surface area (TPSA) is 215 Å². The van der Waals surface area contributed by atoms with Crippen LogP contribution < -0.4 is 9.47 Å². The highest BCUT2D eigenvalue weighted by Gasteiger charge is 2.66. The van der Waals surface area contributed by atoms with Gasteiger partial charge in [-0.1, -0.05) is 109 Å². The second-order valence-electron chi connectivity index (χ2n) is 19.7. The number of non-ortho nitro benzene ring substituents is 2. The minimum absolute atomic E-state index is 0.00210. The molecule has 3 aliphatic rings. The molecule has 1 saturated carbocycles. The van der Waals surface area contributed by atoms with Gasteiger partial charge in [-0.15, -0.1) is 6.58 Å². The molecule has 2 aliphatic carbocycles. The lowest BCUT2D eigenvalue weighted by Gasteiger charge is -2.59. The van der Waals surface area contributed by atoms with Crippen molar-refractivity contribution < 1.29 is 53.4 Å². The van der Waals surface area contributed by atoms with Gasteiger partial charge in [0.15, 0.2) is 0 Å². The van der Waals surface area contributed by atoms with E-state index >= 15 is 4.79 Å². The third-order valence-corrected chi connectivity index (χ3v) is 14.9. The number of carbonyl (C=O) groups is 1. The Morgan fingerprint density at radius 1 is 0.782 bits per heavy atom. The fourth-order valence-corrected chi connectivity index (χ4v) is 11.4. The monoisotopic (exact) mass is 1060 g/mol. The van der Waals surface area contributed by atoms with Crippen molar-refractivity contribution in [2.24, 2.45) is 22.9 Å². The van der Waals surface area contributed by atoms with E-state index in [9.17, 15) is 30.4 Å². The summed E-state index contributed by atoms with van der Waals surface area (Å²) in [6.45, 7) is 4.49. The van der Waals surface area contributed by atoms with Gasteiger partial charge in [0.2, 0.25) is 5.79 Å². The van der Waals surface area contributed by atoms with E-state index in [1.54, 1.807) is 41.3 Å². The maximum Gasteiger partial charge on any atom is 0.410 e. The van der Waals surface area contributed by atoms with E-state index < -0.39 is 39.6 Å². The first kappa shape index (κ1) is 54.8. The predicted octanol–water partition coefficient (Wildman–Crippen LogP) is 12.1. The highest BCUT2D eigenvalue weighted by Crippen LogP contribution is 2.62. The second kappa shape index (κ2) is 25.9. The maximum absolute atomic E-state index is 15.4. The van der Waals surface area contributed by atoms with Gasteiger partial charge < -0.3 is 38.7 Å². The van der Waals surface area contributed by atoms with Gasteiger partial charge in [-0.05, 0) is 107 Å². The van der Waals surface area contributed by atoms with Crippen LogP contribution in [0.3, 0.4) is 0 Å². The number of nitro groups is 2. The van der Waals surface area contributed by atoms with Crippen molar-refractivity contribution in [3.05, 3.63) is 206 Å². The number of oxime groups is 1. The summed E-state index contributed by atoms with van der Waals surface area (Å²) in [6, 6.07) is 40.1. The van der Waals surface area contributed by atoms with Gasteiger partial charge in [0.1, 0.15) is 36.5 Å². The Balaban J connectivity index is 1.21. The van der Waals surface area contributed by atoms with Crippen molar-refractivity contribution in [1.29, 1.82) is 0 Å². The number of hydrogen-bond acceptors (Lipinski definition) is 14. The minimum atomic E-state index is -1.66. The van der Waals surface area contributed by atoms with Gasteiger partial charge in [-0.2, -0.15) is 0 Å². The normalized spacial score (nSPS) is 20.6. The van der Waals surface area contributed by atoms with E-state index in [0.29, 0.717) is 67.9 Å². The molecule has 78 heavy (non-hydrogen) atoms. The summed E-state index contributed by atoms with van der Waals surface area (Å²) in [5.74, 6) is -1.88. The molecule has 0 saturated heterocycles. The van der Waals surface area contributed by atoms with Crippen molar-refractivity contribution in [2.45, 2.75) is 82.5 Å². The zero-order chi connectivity index (χ0) is 54.4. The zero-order valence-corrected chi connectivity index (χ0v) is 43.3. The van der Waals surface area contributed by atoms with E-state index in [1.165, 1.54) is 24.3 Å². The van der Waals surface area contributed by atoms with Crippen LogP contribution in [0.1, 0.15) is 73.1 Å². The molecule has 1 aliphatic heterocycles. The summed E-state index contributed by atoms with van der Waals surface area (Å²) in [5.41, 5.74) is 4.34. The first-order chi connectivity index (χ1) is 38.1. The van der Waals surface area contributed by atoms with Crippen LogP contribution in [0.4, 0.5) is 16.2 Å². The van der Waals surface area contributed by atoms with Crippen molar-refractivity contribution in [3.63, 3.8) is 0 Å². The number of fused-ring (bicyclic) bond motifs is 3. The number of aliphatic hydroxyl groups is 2. The van der Waals surface area contributed by atoms with Crippen LogP contribution in [0, 0.1) is 38.0 Å². The molecule has 0 spiro atoms. The van der Waals surface area contributed by atoms with Crippen molar-refractivity contribution in [1.82, 2.24) is 4.90 Å². The number of hydrogen-bond donors (Lipinski definition) is 2. The molecular weight excluding hydrogens is 997 g/mol. The number of rotatable bonds is 26. The lowest BCUT2D eigenvalue weighted by molar-refractivity contribution is -0.385. The molecule has 2 N–H and O–H groups in total. The molecule has 0 unspecified atom stereocenters. The van der Waals surface area contributed by atoms with Crippen LogP contribution in [0.5, 0.6) is 17.2 Å². The largest absolute Gasteiger partial charge is 0.459 e. The molecule has 406 valence electrons. The molecule has 17 heteroatoms. The minimum Gasteiger partial charge on any atom is -0.459 e. The van der Waals surface area contributed by atoms with Gasteiger partial charge in [0.25, 0.3) is 11.4 Å². The molecule has 1 fully saturated rings. The summed E-state index contributed by atoms with van der Waals surface area (Å²) in [5, 5.41) is 50.4. The molecule has 6 aromatic carbocycles. The van der Waals surface area contributed by atoms with Gasteiger partial charge in [0, 0.05) is 49.3 Å². The average molecular weight is 1060 g/mol. The number of nitrogens with zero attached hydrogens (tertiary/aromatic N) is 4. The number of unbranched alkanes of at least 4 members (excludes halogenated alkanes) is 2. The van der Waals surface area contributed by atoms with Crippen molar-refractivity contribution in [2.75, 3.05) is 33.0 Å². The van der Waals surface area contributed by atoms with Crippen LogP contribution in [-0.4, -0.2) is 81.6 Å². The molecule has 6 atom stereocenters. The Morgan fingerprint density at radius 3 is 2.27 bits per heavy atom. The van der Waals surface area contributed by atoms with Gasteiger partial charge >= 0.3 is 6.09 Å². The van der Waals surface area contributed by atoms with Gasteiger partial charge in [0.05, 0.1) is 53.9 Å². The van der Waals surface area contributed by atoms with E-state index in [4.69, 9.17) is 33.7 Å². The second-order valence-corrected chi connectivity index (χ2v) is 19.7. The standard InChI is InChI=1S/C61H64N4O13/c1-2-32-75-61-57(63(39-46-19-12-18-44-16-6-7-22-51(44)46)60(68)74-34-33-73-40-42-14-4-3-5-15-42)38-55(62-76-41-43-24-26-47(27-25-43)64(69)70)53-35-45(17-8-10-30-66)52(23-9-11-31-67)58(59(53)61)54-37-50(28-29-56(54)78-61)77-49-21-13-20-48(36-49)65(71)72/h2-7,12-16,18-22,24-29,35-37,45,52,57-59,66-67H,1,8-11,17,23,30-34,38-41H2/t45-,52+,57-,58+,59+,61+/m0/s1. The Labute approximate surface area is 452 Å². The summed E-state index contributed by atoms with van der Waals surface area (Å²) >= 11 is 0. The molecular formula is C61H64N4O13. The lowest BCUT2D eigenvalue weighted by atomic mass is 9.55. The summed E-state index contributed by atoms with van der Waals surface area (Å²) in [7, 11) is 0. The summed E-state index contributed by atoms with van der Waals surface area (Å²) in [4.78, 5) is 45.7. The number of aliphatic hydroxyl groups excluding tert-OH is 2. The number of allylic oxidation sites excluding steroid dienone is 1. The maximum atomic E-state index is 15.4. The Morgan fingerprint density at radius 2 is 1.50 bits per heavy atom.